The molecule has 2 aromatic carbocycles. The van der Waals surface area contributed by atoms with E-state index in [1.165, 1.54) is 0 Å². The fourth-order valence-corrected chi connectivity index (χ4v) is 4.69. The van der Waals surface area contributed by atoms with Gasteiger partial charge in [0.25, 0.3) is 0 Å². The first-order chi connectivity index (χ1) is 17.9. The van der Waals surface area contributed by atoms with Gasteiger partial charge >= 0.3 is 5.69 Å². The lowest BCUT2D eigenvalue weighted by molar-refractivity contribution is 0.584. The third-order valence-corrected chi connectivity index (χ3v) is 6.51. The molecule has 0 bridgehead atoms. The van der Waals surface area contributed by atoms with Gasteiger partial charge in [-0.25, -0.2) is 9.89 Å². The Morgan fingerprint density at radius 2 is 1.70 bits per heavy atom. The van der Waals surface area contributed by atoms with Crippen LogP contribution in [0.15, 0.2) is 77.9 Å². The van der Waals surface area contributed by atoms with Gasteiger partial charge < -0.3 is 0 Å². The predicted octanol–water partition coefficient (Wildman–Crippen LogP) is 5.18. The number of hydrogen-bond donors (Lipinski definition) is 1. The third-order valence-electron chi connectivity index (χ3n) is 6.51. The Hall–Kier alpha value is -4.33. The maximum atomic E-state index is 13.7. The van der Waals surface area contributed by atoms with Crippen LogP contribution >= 0.6 is 0 Å². The van der Waals surface area contributed by atoms with Crippen molar-refractivity contribution >= 4 is 0 Å². The second-order valence-electron chi connectivity index (χ2n) is 10.2. The largest absolute Gasteiger partial charge is 0.333 e. The Morgan fingerprint density at radius 3 is 2.38 bits per heavy atom. The van der Waals surface area contributed by atoms with E-state index in [0.29, 0.717) is 12.4 Å². The van der Waals surface area contributed by atoms with Crippen LogP contribution in [-0.4, -0.2) is 34.7 Å². The van der Waals surface area contributed by atoms with Crippen molar-refractivity contribution in [3.05, 3.63) is 100 Å². The molecule has 3 heterocycles. The molecule has 0 unspecified atom stereocenters. The molecule has 0 spiro atoms. The Balaban J connectivity index is 1.50. The molecule has 0 amide bonds. The molecule has 1 N–H and O–H groups in total. The molecule has 0 aliphatic heterocycles. The highest BCUT2D eigenvalue weighted by Crippen LogP contribution is 2.29. The quantitative estimate of drug-likeness (QED) is 0.337. The van der Waals surface area contributed by atoms with Gasteiger partial charge in [0, 0.05) is 29.2 Å². The average Bonchev–Trinajstić information content (AvgIpc) is 3.54. The molecular weight excluding hydrogens is 462 g/mol. The van der Waals surface area contributed by atoms with E-state index >= 15 is 0 Å². The van der Waals surface area contributed by atoms with Gasteiger partial charge in [0.1, 0.15) is 0 Å². The van der Waals surface area contributed by atoms with Gasteiger partial charge in [0.2, 0.25) is 0 Å². The van der Waals surface area contributed by atoms with Crippen molar-refractivity contribution in [1.82, 2.24) is 34.7 Å². The van der Waals surface area contributed by atoms with Crippen LogP contribution in [0.4, 0.5) is 0 Å². The van der Waals surface area contributed by atoms with Gasteiger partial charge in [-0.3, -0.25) is 14.1 Å². The number of nitrogens with zero attached hydrogens (tertiary/aromatic N) is 6. The molecule has 188 valence electrons. The monoisotopic (exact) mass is 493 g/mol. The van der Waals surface area contributed by atoms with Gasteiger partial charge in [-0.05, 0) is 45.5 Å². The summed E-state index contributed by atoms with van der Waals surface area (Å²) in [4.78, 5) is 18.4. The van der Waals surface area contributed by atoms with Crippen LogP contribution in [0.2, 0.25) is 0 Å². The summed E-state index contributed by atoms with van der Waals surface area (Å²) < 4.78 is 3.67. The molecule has 0 fully saturated rings. The number of rotatable bonds is 7. The molecule has 5 aromatic rings. The highest BCUT2D eigenvalue weighted by atomic mass is 16.1. The highest BCUT2D eigenvalue weighted by Gasteiger charge is 2.21. The van der Waals surface area contributed by atoms with Crippen LogP contribution in [0, 0.1) is 0 Å². The number of aromatic amines is 1. The van der Waals surface area contributed by atoms with Crippen LogP contribution < -0.4 is 5.69 Å². The molecule has 3 aromatic heterocycles. The van der Waals surface area contributed by atoms with Crippen molar-refractivity contribution in [3.63, 3.8) is 0 Å². The Bertz CT molecular complexity index is 1560. The van der Waals surface area contributed by atoms with E-state index < -0.39 is 0 Å². The van der Waals surface area contributed by atoms with E-state index in [0.717, 1.165) is 52.2 Å². The van der Waals surface area contributed by atoms with Crippen LogP contribution in [0.1, 0.15) is 50.9 Å². The van der Waals surface area contributed by atoms with Crippen molar-refractivity contribution in [1.29, 1.82) is 0 Å². The number of imidazole rings is 1. The lowest BCUT2D eigenvalue weighted by atomic mass is 9.86. The highest BCUT2D eigenvalue weighted by molar-refractivity contribution is 5.78. The van der Waals surface area contributed by atoms with E-state index in [1.807, 2.05) is 71.6 Å². The summed E-state index contributed by atoms with van der Waals surface area (Å²) in [7, 11) is 0. The Morgan fingerprint density at radius 1 is 0.946 bits per heavy atom. The molecule has 0 atom stereocenters. The normalized spacial score (nSPS) is 11.7. The van der Waals surface area contributed by atoms with Crippen LogP contribution in [0.5, 0.6) is 0 Å². The van der Waals surface area contributed by atoms with Crippen molar-refractivity contribution in [2.24, 2.45) is 0 Å². The number of aryl methyl sites for hydroxylation is 1. The van der Waals surface area contributed by atoms with Gasteiger partial charge in [-0.15, -0.1) is 5.10 Å². The molecule has 37 heavy (non-hydrogen) atoms. The molecular formula is C29H31N7O. The number of para-hydroxylation sites is 1. The summed E-state index contributed by atoms with van der Waals surface area (Å²) in [6, 6.07) is 20.0. The fourth-order valence-electron chi connectivity index (χ4n) is 4.69. The van der Waals surface area contributed by atoms with E-state index in [-0.39, 0.29) is 11.1 Å². The summed E-state index contributed by atoms with van der Waals surface area (Å²) in [5.41, 5.74) is 6.56. The standard InChI is InChI=1S/C29H31N7O/c1-5-10-21-19-36(26-14-9-8-13-24(26)29(2,3)4)28(37)35(21)18-20-15-16-25(30-17-20)22-11-6-7-12-23(22)27-31-33-34-32-27/h6-9,11-17,19H,5,10,18H2,1-4H3,(H,31,32,33,34). The molecule has 0 aliphatic rings. The zero-order valence-electron chi connectivity index (χ0n) is 21.6. The third kappa shape index (κ3) is 4.87. The van der Waals surface area contributed by atoms with E-state index in [4.69, 9.17) is 4.98 Å². The topological polar surface area (TPSA) is 94.3 Å². The van der Waals surface area contributed by atoms with Crippen molar-refractivity contribution in [2.75, 3.05) is 0 Å². The van der Waals surface area contributed by atoms with Crippen molar-refractivity contribution in [2.45, 2.75) is 52.5 Å². The summed E-state index contributed by atoms with van der Waals surface area (Å²) in [6.07, 6.45) is 5.62. The van der Waals surface area contributed by atoms with E-state index in [9.17, 15) is 4.79 Å². The summed E-state index contributed by atoms with van der Waals surface area (Å²) in [6.45, 7) is 9.11. The number of tetrazole rings is 1. The fraction of sp³-hybridized carbons (Fsp3) is 0.276. The lowest BCUT2D eigenvalue weighted by Gasteiger charge is -2.22. The SMILES string of the molecule is CCCc1cn(-c2ccccc2C(C)(C)C)c(=O)n1Cc1ccc(-c2ccccc2-c2nnn[nH]2)nc1. The van der Waals surface area contributed by atoms with Gasteiger partial charge in [-0.1, -0.05) is 82.6 Å². The number of H-pyrrole nitrogens is 1. The molecule has 0 saturated heterocycles. The molecule has 0 radical (unpaired) electrons. The molecule has 8 heteroatoms. The predicted molar refractivity (Wildman–Crippen MR) is 145 cm³/mol. The first-order valence-electron chi connectivity index (χ1n) is 12.6. The van der Waals surface area contributed by atoms with Crippen LogP contribution in [0.25, 0.3) is 28.3 Å². The summed E-state index contributed by atoms with van der Waals surface area (Å²) in [5.74, 6) is 0.592. The number of hydrogen-bond acceptors (Lipinski definition) is 5. The van der Waals surface area contributed by atoms with E-state index in [1.54, 1.807) is 4.57 Å². The smallest absolute Gasteiger partial charge is 0.292 e. The zero-order chi connectivity index (χ0) is 26.0. The number of benzene rings is 2. The zero-order valence-corrected chi connectivity index (χ0v) is 21.6. The molecule has 5 rings (SSSR count). The molecule has 0 saturated carbocycles. The summed E-state index contributed by atoms with van der Waals surface area (Å²) in [5, 5.41) is 14.3. The molecule has 8 nitrogen and oxygen atoms in total. The van der Waals surface area contributed by atoms with E-state index in [2.05, 4.69) is 54.4 Å². The minimum absolute atomic E-state index is 0.0348. The maximum absolute atomic E-state index is 13.7. The van der Waals surface area contributed by atoms with Gasteiger partial charge in [-0.2, -0.15) is 0 Å². The average molecular weight is 494 g/mol. The first kappa shape index (κ1) is 24.4. The second-order valence-corrected chi connectivity index (χ2v) is 10.2. The number of nitrogens with one attached hydrogen (secondary N) is 1. The number of aromatic nitrogens is 7. The first-order valence-corrected chi connectivity index (χ1v) is 12.6. The van der Waals surface area contributed by atoms with Crippen LogP contribution in [-0.2, 0) is 18.4 Å². The minimum atomic E-state index is -0.0825. The second kappa shape index (κ2) is 9.97. The lowest BCUT2D eigenvalue weighted by Crippen LogP contribution is -2.26. The minimum Gasteiger partial charge on any atom is -0.292 e. The Labute approximate surface area is 216 Å². The Kier molecular flexibility index (Phi) is 6.56. The van der Waals surface area contributed by atoms with Gasteiger partial charge in [0.15, 0.2) is 5.82 Å². The van der Waals surface area contributed by atoms with Crippen LogP contribution in [0.3, 0.4) is 0 Å². The van der Waals surface area contributed by atoms with Crippen molar-refractivity contribution in [3.8, 4) is 28.3 Å². The van der Waals surface area contributed by atoms with Crippen molar-refractivity contribution < 1.29 is 0 Å². The number of pyridine rings is 1. The summed E-state index contributed by atoms with van der Waals surface area (Å²) >= 11 is 0. The molecule has 0 aliphatic carbocycles. The van der Waals surface area contributed by atoms with Gasteiger partial charge in [0.05, 0.1) is 17.9 Å². The maximum Gasteiger partial charge on any atom is 0.333 e.